The fourth-order valence-corrected chi connectivity index (χ4v) is 6.98. The van der Waals surface area contributed by atoms with Crippen LogP contribution in [0, 0.1) is 23.2 Å². The molecule has 0 spiro atoms. The van der Waals surface area contributed by atoms with Crippen molar-refractivity contribution in [2.75, 3.05) is 12.3 Å². The van der Waals surface area contributed by atoms with E-state index in [0.717, 1.165) is 30.1 Å². The highest BCUT2D eigenvalue weighted by Gasteiger charge is 2.54. The number of rotatable bonds is 5. The van der Waals surface area contributed by atoms with Crippen LogP contribution in [0.2, 0.25) is 0 Å². The number of hydrogen-bond donors (Lipinski definition) is 1. The molecule has 0 aliphatic heterocycles. The lowest BCUT2D eigenvalue weighted by atomic mass is 9.48. The van der Waals surface area contributed by atoms with Crippen LogP contribution in [0.1, 0.15) is 66.2 Å². The fraction of sp³-hybridized carbons (Fsp3) is 1.00. The zero-order valence-electron chi connectivity index (χ0n) is 14.3. The van der Waals surface area contributed by atoms with Crippen LogP contribution in [-0.4, -0.2) is 27.3 Å². The Morgan fingerprint density at radius 3 is 1.95 bits per heavy atom. The topological polar surface area (TPSA) is 29.1 Å². The maximum atomic E-state index is 12.7. The average Bonchev–Trinajstić information content (AvgIpc) is 2.35. The van der Waals surface area contributed by atoms with E-state index in [-0.39, 0.29) is 4.75 Å². The highest BCUT2D eigenvalue weighted by Crippen LogP contribution is 2.61. The second-order valence-electron chi connectivity index (χ2n) is 9.01. The largest absolute Gasteiger partial charge is 0.313 e. The highest BCUT2D eigenvalue weighted by atomic mass is 32.2. The van der Waals surface area contributed by atoms with Crippen LogP contribution in [0.5, 0.6) is 0 Å². The van der Waals surface area contributed by atoms with E-state index >= 15 is 0 Å². The van der Waals surface area contributed by atoms with Crippen molar-refractivity contribution >= 4 is 10.8 Å². The summed E-state index contributed by atoms with van der Waals surface area (Å²) < 4.78 is 12.6. The second-order valence-corrected chi connectivity index (χ2v) is 11.3. The zero-order valence-corrected chi connectivity index (χ0v) is 15.1. The minimum absolute atomic E-state index is 0.0873. The van der Waals surface area contributed by atoms with Gasteiger partial charge in [0.25, 0.3) is 0 Å². The van der Waals surface area contributed by atoms with Crippen molar-refractivity contribution in [2.24, 2.45) is 23.2 Å². The summed E-state index contributed by atoms with van der Waals surface area (Å²) in [6, 6.07) is 0.468. The first-order chi connectivity index (χ1) is 9.82. The van der Waals surface area contributed by atoms with Crippen LogP contribution in [0.3, 0.4) is 0 Å². The van der Waals surface area contributed by atoms with Crippen LogP contribution in [0.15, 0.2) is 0 Å². The van der Waals surface area contributed by atoms with Gasteiger partial charge in [0.1, 0.15) is 0 Å². The van der Waals surface area contributed by atoms with Gasteiger partial charge in [-0.15, -0.1) is 0 Å². The molecule has 4 aliphatic rings. The summed E-state index contributed by atoms with van der Waals surface area (Å²) in [6.45, 7) is 9.56. The van der Waals surface area contributed by atoms with Crippen molar-refractivity contribution in [1.82, 2.24) is 5.32 Å². The molecule has 3 heteroatoms. The van der Waals surface area contributed by atoms with E-state index < -0.39 is 10.8 Å². The van der Waals surface area contributed by atoms with E-state index in [2.05, 4.69) is 33.0 Å². The molecule has 0 amide bonds. The quantitative estimate of drug-likeness (QED) is 0.838. The Balaban J connectivity index is 1.79. The molecule has 0 aromatic carbocycles. The molecule has 21 heavy (non-hydrogen) atoms. The molecule has 4 aliphatic carbocycles. The Bertz CT molecular complexity index is 377. The molecule has 2 unspecified atom stereocenters. The van der Waals surface area contributed by atoms with E-state index in [9.17, 15) is 4.21 Å². The molecule has 122 valence electrons. The molecule has 2 atom stereocenters. The van der Waals surface area contributed by atoms with Gasteiger partial charge in [-0.25, -0.2) is 0 Å². The van der Waals surface area contributed by atoms with E-state index in [1.54, 1.807) is 0 Å². The Labute approximate surface area is 133 Å². The van der Waals surface area contributed by atoms with Gasteiger partial charge in [0.05, 0.1) is 0 Å². The summed E-state index contributed by atoms with van der Waals surface area (Å²) in [6.07, 6.45) is 8.66. The molecular formula is C18H33NOS. The van der Waals surface area contributed by atoms with Gasteiger partial charge < -0.3 is 5.32 Å². The Morgan fingerprint density at radius 2 is 1.57 bits per heavy atom. The first kappa shape index (κ1) is 16.0. The smallest absolute Gasteiger partial charge is 0.0399 e. The normalized spacial score (nSPS) is 41.2. The lowest BCUT2D eigenvalue weighted by Gasteiger charge is -2.59. The van der Waals surface area contributed by atoms with E-state index in [4.69, 9.17) is 0 Å². The monoisotopic (exact) mass is 311 g/mol. The SMILES string of the molecule is CCNC(CS(=O)C(C)(C)C)C12CC3CC(CC(C3)C1)C2. The van der Waals surface area contributed by atoms with Crippen LogP contribution < -0.4 is 5.32 Å². The molecule has 4 saturated carbocycles. The molecule has 4 rings (SSSR count). The first-order valence-electron chi connectivity index (χ1n) is 8.94. The molecular weight excluding hydrogens is 278 g/mol. The molecule has 4 bridgehead atoms. The van der Waals surface area contributed by atoms with Crippen molar-refractivity contribution in [3.63, 3.8) is 0 Å². The predicted octanol–water partition coefficient (Wildman–Crippen LogP) is 3.73. The fourth-order valence-electron chi connectivity index (χ4n) is 5.70. The van der Waals surface area contributed by atoms with Crippen LogP contribution >= 0.6 is 0 Å². The number of nitrogens with one attached hydrogen (secondary N) is 1. The van der Waals surface area contributed by atoms with E-state index in [1.807, 2.05) is 0 Å². The Kier molecular flexibility index (Phi) is 4.29. The molecule has 0 radical (unpaired) electrons. The molecule has 4 fully saturated rings. The number of hydrogen-bond acceptors (Lipinski definition) is 2. The summed E-state index contributed by atoms with van der Waals surface area (Å²) in [5, 5.41) is 3.75. The zero-order chi connectivity index (χ0) is 15.3. The van der Waals surface area contributed by atoms with Gasteiger partial charge in [-0.2, -0.15) is 0 Å². The van der Waals surface area contributed by atoms with E-state index in [1.165, 1.54) is 38.5 Å². The van der Waals surface area contributed by atoms with Crippen molar-refractivity contribution in [3.05, 3.63) is 0 Å². The minimum Gasteiger partial charge on any atom is -0.313 e. The third-order valence-electron chi connectivity index (χ3n) is 6.28. The summed E-state index contributed by atoms with van der Waals surface area (Å²) in [7, 11) is -0.744. The Hall–Kier alpha value is 0.110. The van der Waals surface area contributed by atoms with Crippen LogP contribution in [0.25, 0.3) is 0 Å². The lowest BCUT2D eigenvalue weighted by Crippen LogP contribution is -2.58. The predicted molar refractivity (Wildman–Crippen MR) is 90.8 cm³/mol. The van der Waals surface area contributed by atoms with Gasteiger partial charge in [-0.3, -0.25) is 4.21 Å². The van der Waals surface area contributed by atoms with Crippen molar-refractivity contribution in [3.8, 4) is 0 Å². The van der Waals surface area contributed by atoms with Gasteiger partial charge in [0.2, 0.25) is 0 Å². The van der Waals surface area contributed by atoms with E-state index in [0.29, 0.717) is 11.5 Å². The van der Waals surface area contributed by atoms with Crippen molar-refractivity contribution < 1.29 is 4.21 Å². The summed E-state index contributed by atoms with van der Waals surface area (Å²) in [5.41, 5.74) is 0.464. The van der Waals surface area contributed by atoms with Crippen LogP contribution in [-0.2, 0) is 10.8 Å². The van der Waals surface area contributed by atoms with Gasteiger partial charge in [-0.1, -0.05) is 6.92 Å². The summed E-state index contributed by atoms with van der Waals surface area (Å²) >= 11 is 0. The summed E-state index contributed by atoms with van der Waals surface area (Å²) in [5.74, 6) is 3.77. The van der Waals surface area contributed by atoms with Gasteiger partial charge in [0.15, 0.2) is 0 Å². The lowest BCUT2D eigenvalue weighted by molar-refractivity contribution is -0.0693. The molecule has 0 saturated heterocycles. The third-order valence-corrected chi connectivity index (χ3v) is 8.28. The van der Waals surface area contributed by atoms with Crippen molar-refractivity contribution in [2.45, 2.75) is 77.0 Å². The molecule has 1 N–H and O–H groups in total. The second kappa shape index (κ2) is 5.63. The van der Waals surface area contributed by atoms with Gasteiger partial charge in [-0.05, 0) is 89.0 Å². The molecule has 0 aromatic heterocycles. The average molecular weight is 312 g/mol. The van der Waals surface area contributed by atoms with Gasteiger partial charge >= 0.3 is 0 Å². The molecule has 2 nitrogen and oxygen atoms in total. The summed E-state index contributed by atoms with van der Waals surface area (Å²) in [4.78, 5) is 0. The maximum Gasteiger partial charge on any atom is 0.0399 e. The maximum absolute atomic E-state index is 12.7. The molecule has 0 aromatic rings. The highest BCUT2D eigenvalue weighted by molar-refractivity contribution is 7.86. The Morgan fingerprint density at radius 1 is 1.10 bits per heavy atom. The molecule has 0 heterocycles. The third kappa shape index (κ3) is 3.10. The van der Waals surface area contributed by atoms with Crippen molar-refractivity contribution in [1.29, 1.82) is 0 Å². The standard InChI is InChI=1S/C18H33NOS/c1-5-19-16(12-21(20)17(2,3)4)18-9-13-6-14(10-18)8-15(7-13)11-18/h13-16,19H,5-12H2,1-4H3. The first-order valence-corrected chi connectivity index (χ1v) is 10.3. The minimum atomic E-state index is -0.744. The van der Waals surface area contributed by atoms with Crippen LogP contribution in [0.4, 0.5) is 0 Å². The van der Waals surface area contributed by atoms with Gasteiger partial charge in [0, 0.05) is 27.3 Å².